The molecule has 0 saturated carbocycles. The zero-order valence-electron chi connectivity index (χ0n) is 16.2. The van der Waals surface area contributed by atoms with E-state index in [1.807, 2.05) is 43.3 Å². The van der Waals surface area contributed by atoms with Crippen LogP contribution >= 0.6 is 11.6 Å². The minimum atomic E-state index is -0.708. The van der Waals surface area contributed by atoms with Gasteiger partial charge < -0.3 is 10.6 Å². The number of anilines is 1. The van der Waals surface area contributed by atoms with E-state index in [1.54, 1.807) is 18.2 Å². The van der Waals surface area contributed by atoms with Crippen LogP contribution in [0.3, 0.4) is 0 Å². The minimum absolute atomic E-state index is 0.136. The molecule has 4 nitrogen and oxygen atoms in total. The third kappa shape index (κ3) is 5.69. The number of nitrogens with one attached hydrogen (secondary N) is 2. The summed E-state index contributed by atoms with van der Waals surface area (Å²) in [5.41, 5.74) is 3.74. The zero-order valence-corrected chi connectivity index (χ0v) is 16.9. The molecule has 0 aliphatic rings. The van der Waals surface area contributed by atoms with Crippen LogP contribution in [-0.2, 0) is 9.59 Å². The second-order valence-corrected chi connectivity index (χ2v) is 7.24. The second-order valence-electron chi connectivity index (χ2n) is 6.84. The van der Waals surface area contributed by atoms with Crippen molar-refractivity contribution < 1.29 is 9.59 Å². The van der Waals surface area contributed by atoms with Crippen molar-refractivity contribution in [3.05, 3.63) is 101 Å². The summed E-state index contributed by atoms with van der Waals surface area (Å²) in [4.78, 5) is 24.4. The van der Waals surface area contributed by atoms with Crippen molar-refractivity contribution in [2.24, 2.45) is 0 Å². The first-order valence-electron chi connectivity index (χ1n) is 9.50. The molecule has 0 aliphatic carbocycles. The molecule has 5 heteroatoms. The van der Waals surface area contributed by atoms with E-state index < -0.39 is 11.8 Å². The number of aryl methyl sites for hydroxylation is 1. The average Bonchev–Trinajstić information content (AvgIpc) is 2.75. The van der Waals surface area contributed by atoms with Gasteiger partial charge in [-0.2, -0.15) is 0 Å². The molecule has 0 unspecified atom stereocenters. The van der Waals surface area contributed by atoms with Crippen LogP contribution in [-0.4, -0.2) is 18.4 Å². The topological polar surface area (TPSA) is 58.2 Å². The van der Waals surface area contributed by atoms with Gasteiger partial charge in [0.25, 0.3) is 0 Å². The quantitative estimate of drug-likeness (QED) is 0.570. The zero-order chi connectivity index (χ0) is 20.6. The molecular weight excluding hydrogens is 384 g/mol. The third-order valence-corrected chi connectivity index (χ3v) is 5.17. The predicted octanol–water partition coefficient (Wildman–Crippen LogP) is 4.93. The van der Waals surface area contributed by atoms with Crippen molar-refractivity contribution in [2.45, 2.75) is 19.3 Å². The van der Waals surface area contributed by atoms with E-state index in [0.717, 1.165) is 5.56 Å². The van der Waals surface area contributed by atoms with Crippen LogP contribution in [0.4, 0.5) is 5.69 Å². The lowest BCUT2D eigenvalue weighted by atomic mass is 9.88. The van der Waals surface area contributed by atoms with E-state index in [4.69, 9.17) is 11.6 Å². The van der Waals surface area contributed by atoms with Gasteiger partial charge in [-0.1, -0.05) is 78.3 Å². The van der Waals surface area contributed by atoms with Crippen molar-refractivity contribution in [1.82, 2.24) is 5.32 Å². The lowest BCUT2D eigenvalue weighted by Gasteiger charge is -2.18. The molecule has 0 aliphatic heterocycles. The lowest BCUT2D eigenvalue weighted by Crippen LogP contribution is -2.36. The Bertz CT molecular complexity index is 935. The van der Waals surface area contributed by atoms with Gasteiger partial charge in [-0.3, -0.25) is 9.59 Å². The molecule has 148 valence electrons. The standard InChI is InChI=1S/C24H23ClN2O2/c1-17-12-13-20(16-22(17)25)27-24(29)23(28)26-15-14-21(18-8-4-2-5-9-18)19-10-6-3-7-11-19/h2-13,16,21H,14-15H2,1H3,(H,26,28)(H,27,29). The Kier molecular flexibility index (Phi) is 7.04. The number of carbonyl (C=O) groups is 2. The van der Waals surface area contributed by atoms with E-state index in [9.17, 15) is 9.59 Å². The molecule has 0 radical (unpaired) electrons. The van der Waals surface area contributed by atoms with E-state index in [-0.39, 0.29) is 5.92 Å². The molecule has 0 bridgehead atoms. The van der Waals surface area contributed by atoms with Gasteiger partial charge in [-0.05, 0) is 42.2 Å². The molecule has 0 fully saturated rings. The molecule has 3 aromatic rings. The van der Waals surface area contributed by atoms with Gasteiger partial charge in [0.15, 0.2) is 0 Å². The van der Waals surface area contributed by atoms with E-state index >= 15 is 0 Å². The number of halogens is 1. The maximum atomic E-state index is 12.2. The molecule has 2 N–H and O–H groups in total. The monoisotopic (exact) mass is 406 g/mol. The fraction of sp³-hybridized carbons (Fsp3) is 0.167. The average molecular weight is 407 g/mol. The number of amides is 2. The first-order valence-corrected chi connectivity index (χ1v) is 9.87. The van der Waals surface area contributed by atoms with Crippen LogP contribution in [0.2, 0.25) is 5.02 Å². The second kappa shape index (κ2) is 9.89. The summed E-state index contributed by atoms with van der Waals surface area (Å²) in [7, 11) is 0. The van der Waals surface area contributed by atoms with E-state index in [1.165, 1.54) is 11.1 Å². The normalized spacial score (nSPS) is 10.6. The van der Waals surface area contributed by atoms with Gasteiger partial charge in [0, 0.05) is 23.2 Å². The highest BCUT2D eigenvalue weighted by atomic mass is 35.5. The Morgan fingerprint density at radius 1 is 0.862 bits per heavy atom. The van der Waals surface area contributed by atoms with Gasteiger partial charge in [0.2, 0.25) is 0 Å². The molecule has 3 rings (SSSR count). The van der Waals surface area contributed by atoms with Crippen molar-refractivity contribution in [2.75, 3.05) is 11.9 Å². The van der Waals surface area contributed by atoms with Crippen molar-refractivity contribution in [3.8, 4) is 0 Å². The highest BCUT2D eigenvalue weighted by Gasteiger charge is 2.17. The molecule has 0 atom stereocenters. The first-order chi connectivity index (χ1) is 14.0. The number of benzene rings is 3. The van der Waals surface area contributed by atoms with Crippen LogP contribution in [0.5, 0.6) is 0 Å². The maximum absolute atomic E-state index is 12.2. The summed E-state index contributed by atoms with van der Waals surface area (Å²) in [6.45, 7) is 2.26. The molecule has 29 heavy (non-hydrogen) atoms. The number of hydrogen-bond acceptors (Lipinski definition) is 2. The fourth-order valence-corrected chi connectivity index (χ4v) is 3.35. The van der Waals surface area contributed by atoms with Crippen molar-refractivity contribution >= 4 is 29.1 Å². The molecular formula is C24H23ClN2O2. The van der Waals surface area contributed by atoms with Crippen LogP contribution < -0.4 is 10.6 Å². The van der Waals surface area contributed by atoms with Gasteiger partial charge in [-0.15, -0.1) is 0 Å². The van der Waals surface area contributed by atoms with Crippen molar-refractivity contribution in [1.29, 1.82) is 0 Å². The molecule has 0 saturated heterocycles. The summed E-state index contributed by atoms with van der Waals surface area (Å²) in [6.07, 6.45) is 0.684. The van der Waals surface area contributed by atoms with Crippen LogP contribution in [0.15, 0.2) is 78.9 Å². The van der Waals surface area contributed by atoms with Gasteiger partial charge in [0.05, 0.1) is 0 Å². The SMILES string of the molecule is Cc1ccc(NC(=O)C(=O)NCCC(c2ccccc2)c2ccccc2)cc1Cl. The number of hydrogen-bond donors (Lipinski definition) is 2. The fourth-order valence-electron chi connectivity index (χ4n) is 3.17. The molecule has 0 heterocycles. The Morgan fingerprint density at radius 3 is 2.00 bits per heavy atom. The molecule has 0 spiro atoms. The first kappa shape index (κ1) is 20.6. The van der Waals surface area contributed by atoms with Crippen LogP contribution in [0.25, 0.3) is 0 Å². The predicted molar refractivity (Wildman–Crippen MR) is 117 cm³/mol. The Balaban J connectivity index is 1.59. The Hall–Kier alpha value is -3.11. The Morgan fingerprint density at radius 2 is 1.45 bits per heavy atom. The van der Waals surface area contributed by atoms with Gasteiger partial charge in [0.1, 0.15) is 0 Å². The number of carbonyl (C=O) groups excluding carboxylic acids is 2. The highest BCUT2D eigenvalue weighted by Crippen LogP contribution is 2.27. The van der Waals surface area contributed by atoms with E-state index in [0.29, 0.717) is 23.7 Å². The van der Waals surface area contributed by atoms with Crippen LogP contribution in [0.1, 0.15) is 29.0 Å². The number of rotatable bonds is 6. The summed E-state index contributed by atoms with van der Waals surface area (Å²) in [5, 5.41) is 5.83. The highest BCUT2D eigenvalue weighted by molar-refractivity contribution is 6.39. The summed E-state index contributed by atoms with van der Waals surface area (Å²) in [5.74, 6) is -1.24. The van der Waals surface area contributed by atoms with Gasteiger partial charge in [-0.25, -0.2) is 0 Å². The Labute approximate surface area is 175 Å². The largest absolute Gasteiger partial charge is 0.348 e. The molecule has 3 aromatic carbocycles. The lowest BCUT2D eigenvalue weighted by molar-refractivity contribution is -0.136. The van der Waals surface area contributed by atoms with Crippen LogP contribution in [0, 0.1) is 6.92 Å². The van der Waals surface area contributed by atoms with Gasteiger partial charge >= 0.3 is 11.8 Å². The third-order valence-electron chi connectivity index (χ3n) is 4.76. The molecule has 0 aromatic heterocycles. The molecule has 2 amide bonds. The smallest absolute Gasteiger partial charge is 0.313 e. The van der Waals surface area contributed by atoms with E-state index in [2.05, 4.69) is 34.9 Å². The minimum Gasteiger partial charge on any atom is -0.348 e. The summed E-state index contributed by atoms with van der Waals surface area (Å²) >= 11 is 6.06. The maximum Gasteiger partial charge on any atom is 0.313 e. The summed E-state index contributed by atoms with van der Waals surface area (Å²) in [6, 6.07) is 25.4. The van der Waals surface area contributed by atoms with Crippen molar-refractivity contribution in [3.63, 3.8) is 0 Å². The summed E-state index contributed by atoms with van der Waals surface area (Å²) < 4.78 is 0.